The largest absolute Gasteiger partial charge is 0.481 e. The zero-order valence-corrected chi connectivity index (χ0v) is 28.6. The second-order valence-corrected chi connectivity index (χ2v) is 12.8. The van der Waals surface area contributed by atoms with Crippen molar-refractivity contribution in [3.8, 4) is 28.4 Å². The Labute approximate surface area is 292 Å². The highest BCUT2D eigenvalue weighted by molar-refractivity contribution is 6.39. The van der Waals surface area contributed by atoms with Gasteiger partial charge in [0.1, 0.15) is 5.82 Å². The number of aromatic nitrogens is 4. The molecular weight excluding hydrogens is 677 g/mol. The maximum Gasteiger partial charge on any atom is 0.291 e. The molecule has 1 atom stereocenters. The lowest BCUT2D eigenvalue weighted by Gasteiger charge is -2.26. The van der Waals surface area contributed by atoms with Crippen LogP contribution in [0.3, 0.4) is 0 Å². The molecule has 3 aromatic heterocycles. The van der Waals surface area contributed by atoms with Crippen LogP contribution in [0.15, 0.2) is 36.5 Å². The third-order valence-corrected chi connectivity index (χ3v) is 9.61. The number of fused-ring (bicyclic) bond motifs is 1. The molecule has 2 aliphatic rings. The third kappa shape index (κ3) is 7.40. The molecule has 0 radical (unpaired) electrons. The van der Waals surface area contributed by atoms with Gasteiger partial charge in [-0.25, -0.2) is 14.4 Å². The fraction of sp³-hybridized carbons (Fsp3) is 0.382. The average molecular weight is 714 g/mol. The number of anilines is 1. The van der Waals surface area contributed by atoms with Crippen molar-refractivity contribution in [2.75, 3.05) is 38.7 Å². The second kappa shape index (κ2) is 15.2. The van der Waals surface area contributed by atoms with E-state index in [2.05, 4.69) is 35.8 Å². The molecule has 0 spiro atoms. The summed E-state index contributed by atoms with van der Waals surface area (Å²) in [7, 11) is 3.21. The van der Waals surface area contributed by atoms with E-state index in [1.54, 1.807) is 35.9 Å². The van der Waals surface area contributed by atoms with Crippen LogP contribution >= 0.6 is 23.2 Å². The maximum absolute atomic E-state index is 15.5. The standard InChI is InChI=1S/C34H36Cl2F2N8O3/c1-45-27-10-14-46(13-4-11-37)18-26(27)42-32(45)33(48)43-24-6-3-5-21(29(24)35)31-30(36)20(9-12-40-31)25-15-23(38)22(34(44-25)49-2)17-39-16-19-7-8-28(47)41-19/h3,5-6,9,12,15,19,39H,4,7-8,10-11,13-14,16-18H2,1-2H3,(H,41,47)(H,43,48)/t19-/m1/s1. The van der Waals surface area contributed by atoms with E-state index in [0.29, 0.717) is 61.4 Å². The summed E-state index contributed by atoms with van der Waals surface area (Å²) < 4.78 is 35.4. The van der Waals surface area contributed by atoms with Crippen LogP contribution in [-0.2, 0) is 31.4 Å². The average Bonchev–Trinajstić information content (AvgIpc) is 3.67. The van der Waals surface area contributed by atoms with Crippen molar-refractivity contribution in [2.24, 2.45) is 7.05 Å². The summed E-state index contributed by atoms with van der Waals surface area (Å²) in [6.45, 7) is 2.23. The highest BCUT2D eigenvalue weighted by atomic mass is 35.5. The van der Waals surface area contributed by atoms with Gasteiger partial charge in [0.2, 0.25) is 11.8 Å². The van der Waals surface area contributed by atoms with E-state index in [9.17, 15) is 14.0 Å². The van der Waals surface area contributed by atoms with Gasteiger partial charge in [-0.3, -0.25) is 23.9 Å². The predicted octanol–water partition coefficient (Wildman–Crippen LogP) is 5.34. The molecule has 49 heavy (non-hydrogen) atoms. The molecule has 0 unspecified atom stereocenters. The summed E-state index contributed by atoms with van der Waals surface area (Å²) in [5.74, 6) is -0.628. The molecule has 4 aromatic rings. The zero-order chi connectivity index (χ0) is 34.7. The lowest BCUT2D eigenvalue weighted by Crippen LogP contribution is -2.35. The van der Waals surface area contributed by atoms with E-state index in [4.69, 9.17) is 27.9 Å². The molecule has 0 saturated carbocycles. The van der Waals surface area contributed by atoms with E-state index in [0.717, 1.165) is 24.4 Å². The van der Waals surface area contributed by atoms with Crippen LogP contribution in [0.5, 0.6) is 5.88 Å². The Morgan fingerprint density at radius 2 is 2.00 bits per heavy atom. The van der Waals surface area contributed by atoms with Crippen LogP contribution in [0.1, 0.15) is 46.8 Å². The number of hydrogen-bond donors (Lipinski definition) is 3. The molecule has 5 heterocycles. The SMILES string of the molecule is COc1nc(-c2ccnc(-c3cccc(NC(=O)c4nc5c(n4C)CCN(CCCF)C5)c3Cl)c2Cl)cc(F)c1CNC[C@H]1CCC(=O)N1. The smallest absolute Gasteiger partial charge is 0.291 e. The number of carbonyl (C=O) groups is 2. The van der Waals surface area contributed by atoms with Gasteiger partial charge in [0.15, 0.2) is 5.82 Å². The molecule has 15 heteroatoms. The first-order valence-corrected chi connectivity index (χ1v) is 16.7. The number of carbonyl (C=O) groups excluding carboxylic acids is 2. The van der Waals surface area contributed by atoms with Crippen molar-refractivity contribution < 1.29 is 23.1 Å². The van der Waals surface area contributed by atoms with Crippen molar-refractivity contribution in [3.05, 3.63) is 75.2 Å². The fourth-order valence-electron chi connectivity index (χ4n) is 6.27. The number of imidazole rings is 1. The minimum Gasteiger partial charge on any atom is -0.481 e. The molecule has 11 nitrogen and oxygen atoms in total. The number of benzene rings is 1. The van der Waals surface area contributed by atoms with Crippen LogP contribution < -0.4 is 20.7 Å². The van der Waals surface area contributed by atoms with E-state index in [1.807, 2.05) is 0 Å². The Morgan fingerprint density at radius 3 is 2.76 bits per heavy atom. The van der Waals surface area contributed by atoms with Crippen LogP contribution in [-0.4, -0.2) is 75.7 Å². The Kier molecular flexibility index (Phi) is 10.7. The van der Waals surface area contributed by atoms with Crippen LogP contribution in [0, 0.1) is 5.82 Å². The maximum atomic E-state index is 15.5. The molecule has 1 saturated heterocycles. The number of alkyl halides is 1. The molecule has 2 amide bonds. The Morgan fingerprint density at radius 1 is 1.16 bits per heavy atom. The molecule has 1 aromatic carbocycles. The van der Waals surface area contributed by atoms with Gasteiger partial charge in [0.25, 0.3) is 5.91 Å². The molecule has 0 bridgehead atoms. The highest BCUT2D eigenvalue weighted by Crippen LogP contribution is 2.40. The molecule has 1 fully saturated rings. The number of pyridine rings is 2. The van der Waals surface area contributed by atoms with E-state index in [1.165, 1.54) is 19.4 Å². The lowest BCUT2D eigenvalue weighted by molar-refractivity contribution is -0.119. The first-order valence-electron chi connectivity index (χ1n) is 16.0. The molecule has 0 aliphatic carbocycles. The number of nitrogens with zero attached hydrogens (tertiary/aromatic N) is 5. The number of ether oxygens (including phenoxy) is 1. The summed E-state index contributed by atoms with van der Waals surface area (Å²) in [5, 5.41) is 9.29. The van der Waals surface area contributed by atoms with Crippen molar-refractivity contribution in [1.82, 2.24) is 35.1 Å². The fourth-order valence-corrected chi connectivity index (χ4v) is 6.84. The van der Waals surface area contributed by atoms with Crippen LogP contribution in [0.2, 0.25) is 10.0 Å². The highest BCUT2D eigenvalue weighted by Gasteiger charge is 2.27. The van der Waals surface area contributed by atoms with Crippen LogP contribution in [0.4, 0.5) is 14.5 Å². The van der Waals surface area contributed by atoms with Gasteiger partial charge in [-0.2, -0.15) is 0 Å². The van der Waals surface area contributed by atoms with Gasteiger partial charge in [-0.15, -0.1) is 0 Å². The molecular formula is C34H36Cl2F2N8O3. The summed E-state index contributed by atoms with van der Waals surface area (Å²) >= 11 is 13.7. The van der Waals surface area contributed by atoms with E-state index < -0.39 is 11.7 Å². The van der Waals surface area contributed by atoms with Crippen molar-refractivity contribution in [3.63, 3.8) is 0 Å². The molecule has 3 N–H and O–H groups in total. The van der Waals surface area contributed by atoms with Crippen LogP contribution in [0.25, 0.3) is 22.5 Å². The first-order chi connectivity index (χ1) is 23.7. The second-order valence-electron chi connectivity index (χ2n) is 12.0. The van der Waals surface area contributed by atoms with E-state index >= 15 is 4.39 Å². The Balaban J connectivity index is 1.22. The van der Waals surface area contributed by atoms with Crippen molar-refractivity contribution >= 4 is 40.7 Å². The monoisotopic (exact) mass is 712 g/mol. The van der Waals surface area contributed by atoms with Gasteiger partial charge >= 0.3 is 0 Å². The number of amides is 2. The Bertz CT molecular complexity index is 1890. The predicted molar refractivity (Wildman–Crippen MR) is 183 cm³/mol. The summed E-state index contributed by atoms with van der Waals surface area (Å²) in [6.07, 6.45) is 3.89. The van der Waals surface area contributed by atoms with Crippen molar-refractivity contribution in [2.45, 2.75) is 44.8 Å². The number of rotatable bonds is 12. The normalized spacial score (nSPS) is 16.0. The summed E-state index contributed by atoms with van der Waals surface area (Å²) in [4.78, 5) is 40.7. The zero-order valence-electron chi connectivity index (χ0n) is 27.1. The van der Waals surface area contributed by atoms with Gasteiger partial charge in [0.05, 0.1) is 52.2 Å². The number of halogens is 4. The number of methoxy groups -OCH3 is 1. The topological polar surface area (TPSA) is 126 Å². The molecule has 6 rings (SSSR count). The lowest BCUT2D eigenvalue weighted by atomic mass is 10.0. The Hall–Kier alpha value is -4.17. The van der Waals surface area contributed by atoms with Gasteiger partial charge < -0.3 is 25.3 Å². The number of nitrogens with one attached hydrogen (secondary N) is 3. The van der Waals surface area contributed by atoms with Gasteiger partial charge in [-0.1, -0.05) is 35.3 Å². The minimum atomic E-state index is -0.537. The summed E-state index contributed by atoms with van der Waals surface area (Å²) in [6, 6.07) is 8.00. The summed E-state index contributed by atoms with van der Waals surface area (Å²) in [5.41, 5.74) is 3.75. The quantitative estimate of drug-likeness (QED) is 0.180. The van der Waals surface area contributed by atoms with Gasteiger partial charge in [0, 0.05) is 87.7 Å². The van der Waals surface area contributed by atoms with Crippen molar-refractivity contribution in [1.29, 1.82) is 0 Å². The third-order valence-electron chi connectivity index (χ3n) is 8.82. The number of hydrogen-bond acceptors (Lipinski definition) is 8. The minimum absolute atomic E-state index is 0.00667. The molecule has 258 valence electrons. The molecule has 2 aliphatic heterocycles. The van der Waals surface area contributed by atoms with E-state index in [-0.39, 0.29) is 58.2 Å². The first kappa shape index (κ1) is 34.7. The van der Waals surface area contributed by atoms with Gasteiger partial charge in [-0.05, 0) is 25.0 Å².